The van der Waals surface area contributed by atoms with E-state index in [0.29, 0.717) is 10.7 Å². The number of ketones is 1. The molecule has 3 heteroatoms. The topological polar surface area (TPSA) is 30.0 Å². The van der Waals surface area contributed by atoms with E-state index >= 15 is 0 Å². The highest BCUT2D eigenvalue weighted by Gasteiger charge is 2.15. The molecule has 0 atom stereocenters. The van der Waals surface area contributed by atoms with Crippen LogP contribution in [0.25, 0.3) is 0 Å². The molecule has 0 unspecified atom stereocenters. The Bertz CT molecular complexity index is 334. The normalized spacial score (nSPS) is 10.5. The molecule has 13 heavy (non-hydrogen) atoms. The summed E-state index contributed by atoms with van der Waals surface area (Å²) in [5, 5.41) is 0.435. The Morgan fingerprint density at radius 3 is 2.62 bits per heavy atom. The Balaban J connectivity index is 3.13. The van der Waals surface area contributed by atoms with E-state index in [2.05, 4.69) is 4.98 Å². The molecule has 2 nitrogen and oxygen atoms in total. The number of aryl methyl sites for hydroxylation is 1. The number of carbonyl (C=O) groups is 1. The van der Waals surface area contributed by atoms with Crippen LogP contribution in [0, 0.1) is 12.8 Å². The average Bonchev–Trinajstić information content (AvgIpc) is 2.08. The van der Waals surface area contributed by atoms with Crippen LogP contribution in [0.3, 0.4) is 0 Å². The predicted octanol–water partition coefficient (Wildman–Crippen LogP) is 2.88. The summed E-state index contributed by atoms with van der Waals surface area (Å²) in [4.78, 5) is 15.7. The molecule has 0 aliphatic rings. The average molecular weight is 198 g/mol. The molecule has 0 aromatic carbocycles. The van der Waals surface area contributed by atoms with Crippen molar-refractivity contribution in [1.29, 1.82) is 0 Å². The first-order valence-electron chi connectivity index (χ1n) is 4.19. The largest absolute Gasteiger partial charge is 0.292 e. The van der Waals surface area contributed by atoms with Gasteiger partial charge in [-0.25, -0.2) is 4.98 Å². The minimum absolute atomic E-state index is 0.00583. The predicted molar refractivity (Wildman–Crippen MR) is 53.2 cm³/mol. The molecular formula is C10H12ClNO. The van der Waals surface area contributed by atoms with Gasteiger partial charge in [-0.1, -0.05) is 25.4 Å². The summed E-state index contributed by atoms with van der Waals surface area (Å²) < 4.78 is 0. The van der Waals surface area contributed by atoms with Crippen molar-refractivity contribution in [3.63, 3.8) is 0 Å². The van der Waals surface area contributed by atoms with E-state index in [1.165, 1.54) is 0 Å². The van der Waals surface area contributed by atoms with Crippen LogP contribution < -0.4 is 0 Å². The van der Waals surface area contributed by atoms with Gasteiger partial charge in [0, 0.05) is 11.6 Å². The van der Waals surface area contributed by atoms with E-state index in [4.69, 9.17) is 11.6 Å². The Morgan fingerprint density at radius 2 is 2.08 bits per heavy atom. The molecule has 0 N–H and O–H groups in total. The fraction of sp³-hybridized carbons (Fsp3) is 0.400. The standard InChI is InChI=1S/C10H12ClNO/c1-6(2)10(13)9-8(11)5-4-7(3)12-9/h4-6H,1-3H3. The van der Waals surface area contributed by atoms with Crippen molar-refractivity contribution in [3.8, 4) is 0 Å². The van der Waals surface area contributed by atoms with Crippen LogP contribution in [0.2, 0.25) is 5.02 Å². The molecule has 0 fully saturated rings. The first-order chi connectivity index (χ1) is 6.02. The molecule has 0 bridgehead atoms. The maximum Gasteiger partial charge on any atom is 0.185 e. The summed E-state index contributed by atoms with van der Waals surface area (Å²) in [7, 11) is 0. The summed E-state index contributed by atoms with van der Waals surface area (Å²) in [6, 6.07) is 3.50. The van der Waals surface area contributed by atoms with Crippen molar-refractivity contribution in [2.45, 2.75) is 20.8 Å². The quantitative estimate of drug-likeness (QED) is 0.683. The van der Waals surface area contributed by atoms with Crippen molar-refractivity contribution >= 4 is 17.4 Å². The van der Waals surface area contributed by atoms with Crippen LogP contribution in [0.4, 0.5) is 0 Å². The Kier molecular flexibility index (Phi) is 3.04. The fourth-order valence-corrected chi connectivity index (χ4v) is 1.18. The van der Waals surface area contributed by atoms with Crippen molar-refractivity contribution in [2.24, 2.45) is 5.92 Å². The first kappa shape index (κ1) is 10.2. The van der Waals surface area contributed by atoms with Crippen molar-refractivity contribution < 1.29 is 4.79 Å². The maximum atomic E-state index is 11.6. The van der Waals surface area contributed by atoms with Crippen molar-refractivity contribution in [1.82, 2.24) is 4.98 Å². The summed E-state index contributed by atoms with van der Waals surface area (Å²) in [5.41, 5.74) is 1.20. The number of halogens is 1. The van der Waals surface area contributed by atoms with Gasteiger partial charge >= 0.3 is 0 Å². The fourth-order valence-electron chi connectivity index (χ4n) is 0.986. The SMILES string of the molecule is Cc1ccc(Cl)c(C(=O)C(C)C)n1. The van der Waals surface area contributed by atoms with E-state index in [1.54, 1.807) is 12.1 Å². The molecule has 0 saturated carbocycles. The van der Waals surface area contributed by atoms with Gasteiger partial charge in [0.1, 0.15) is 5.69 Å². The molecule has 0 aliphatic heterocycles. The number of hydrogen-bond donors (Lipinski definition) is 0. The highest BCUT2D eigenvalue weighted by molar-refractivity contribution is 6.33. The smallest absolute Gasteiger partial charge is 0.185 e. The number of aromatic nitrogens is 1. The summed E-state index contributed by atoms with van der Waals surface area (Å²) >= 11 is 5.85. The van der Waals surface area contributed by atoms with Gasteiger partial charge in [-0.15, -0.1) is 0 Å². The molecule has 0 radical (unpaired) electrons. The second-order valence-electron chi connectivity index (χ2n) is 3.30. The zero-order valence-electron chi connectivity index (χ0n) is 7.97. The van der Waals surface area contributed by atoms with Crippen LogP contribution >= 0.6 is 11.6 Å². The Morgan fingerprint density at radius 1 is 1.46 bits per heavy atom. The maximum absolute atomic E-state index is 11.6. The molecular weight excluding hydrogens is 186 g/mol. The Labute approximate surface area is 82.9 Å². The molecule has 1 aromatic rings. The van der Waals surface area contributed by atoms with Gasteiger partial charge in [0.05, 0.1) is 5.02 Å². The molecule has 1 aromatic heterocycles. The third kappa shape index (κ3) is 2.28. The zero-order chi connectivity index (χ0) is 10.0. The zero-order valence-corrected chi connectivity index (χ0v) is 8.72. The third-order valence-electron chi connectivity index (χ3n) is 1.74. The van der Waals surface area contributed by atoms with E-state index in [0.717, 1.165) is 5.69 Å². The second kappa shape index (κ2) is 3.88. The van der Waals surface area contributed by atoms with Crippen LogP contribution in [0.1, 0.15) is 30.0 Å². The van der Waals surface area contributed by atoms with Crippen LogP contribution in [0.15, 0.2) is 12.1 Å². The van der Waals surface area contributed by atoms with Gasteiger partial charge in [0.15, 0.2) is 5.78 Å². The van der Waals surface area contributed by atoms with Gasteiger partial charge < -0.3 is 0 Å². The van der Waals surface area contributed by atoms with Gasteiger partial charge in [0.25, 0.3) is 0 Å². The minimum Gasteiger partial charge on any atom is -0.292 e. The molecule has 1 rings (SSSR count). The summed E-state index contributed by atoms with van der Waals surface area (Å²) in [6.07, 6.45) is 0. The van der Waals surface area contributed by atoms with E-state index in [-0.39, 0.29) is 11.7 Å². The minimum atomic E-state index is -0.0631. The van der Waals surface area contributed by atoms with Crippen molar-refractivity contribution in [2.75, 3.05) is 0 Å². The number of nitrogens with zero attached hydrogens (tertiary/aromatic N) is 1. The van der Waals surface area contributed by atoms with Gasteiger partial charge in [0.2, 0.25) is 0 Å². The number of rotatable bonds is 2. The monoisotopic (exact) mass is 197 g/mol. The first-order valence-corrected chi connectivity index (χ1v) is 4.57. The van der Waals surface area contributed by atoms with E-state index in [1.807, 2.05) is 20.8 Å². The molecule has 1 heterocycles. The number of carbonyl (C=O) groups excluding carboxylic acids is 1. The summed E-state index contributed by atoms with van der Waals surface area (Å²) in [5.74, 6) is -0.0690. The highest BCUT2D eigenvalue weighted by atomic mass is 35.5. The lowest BCUT2D eigenvalue weighted by Gasteiger charge is -2.05. The van der Waals surface area contributed by atoms with Crippen LogP contribution in [0.5, 0.6) is 0 Å². The molecule has 0 amide bonds. The molecule has 0 saturated heterocycles. The highest BCUT2D eigenvalue weighted by Crippen LogP contribution is 2.17. The van der Waals surface area contributed by atoms with Gasteiger partial charge in [-0.2, -0.15) is 0 Å². The molecule has 70 valence electrons. The van der Waals surface area contributed by atoms with Gasteiger partial charge in [-0.3, -0.25) is 4.79 Å². The summed E-state index contributed by atoms with van der Waals surface area (Å²) in [6.45, 7) is 5.51. The van der Waals surface area contributed by atoms with E-state index < -0.39 is 0 Å². The van der Waals surface area contributed by atoms with E-state index in [9.17, 15) is 4.79 Å². The lowest BCUT2D eigenvalue weighted by atomic mass is 10.1. The van der Waals surface area contributed by atoms with Crippen molar-refractivity contribution in [3.05, 3.63) is 28.5 Å². The third-order valence-corrected chi connectivity index (χ3v) is 2.05. The van der Waals surface area contributed by atoms with Crippen LogP contribution in [-0.4, -0.2) is 10.8 Å². The number of pyridine rings is 1. The second-order valence-corrected chi connectivity index (χ2v) is 3.71. The number of Topliss-reactive ketones (excluding diaryl/α,β-unsaturated/α-hetero) is 1. The lowest BCUT2D eigenvalue weighted by molar-refractivity contribution is 0.0934. The number of hydrogen-bond acceptors (Lipinski definition) is 2. The lowest BCUT2D eigenvalue weighted by Crippen LogP contribution is -2.10. The molecule has 0 aliphatic carbocycles. The van der Waals surface area contributed by atoms with Crippen LogP contribution in [-0.2, 0) is 0 Å². The molecule has 0 spiro atoms. The Hall–Kier alpha value is -0.890. The van der Waals surface area contributed by atoms with Gasteiger partial charge in [-0.05, 0) is 19.1 Å².